The van der Waals surface area contributed by atoms with Gasteiger partial charge < -0.3 is 10.1 Å². The van der Waals surface area contributed by atoms with Crippen molar-refractivity contribution in [1.82, 2.24) is 4.98 Å². The number of hydrogen-bond donors (Lipinski definition) is 1. The topological polar surface area (TPSA) is 51.2 Å². The van der Waals surface area contributed by atoms with E-state index >= 15 is 0 Å². The van der Waals surface area contributed by atoms with Gasteiger partial charge in [-0.15, -0.1) is 11.3 Å². The van der Waals surface area contributed by atoms with E-state index in [0.29, 0.717) is 17.2 Å². The molecule has 2 aromatic carbocycles. The summed E-state index contributed by atoms with van der Waals surface area (Å²) in [7, 11) is 0. The van der Waals surface area contributed by atoms with E-state index in [1.807, 2.05) is 61.5 Å². The first-order valence-electron chi connectivity index (χ1n) is 7.31. The summed E-state index contributed by atoms with van der Waals surface area (Å²) in [5.41, 5.74) is 4.06. The summed E-state index contributed by atoms with van der Waals surface area (Å²) in [5.74, 6) is 0.628. The van der Waals surface area contributed by atoms with E-state index in [2.05, 4.69) is 10.3 Å². The van der Waals surface area contributed by atoms with Gasteiger partial charge in [0.1, 0.15) is 10.6 Å². The van der Waals surface area contributed by atoms with E-state index < -0.39 is 0 Å². The number of ether oxygens (including phenoxy) is 1. The van der Waals surface area contributed by atoms with E-state index in [9.17, 15) is 4.79 Å². The minimum absolute atomic E-state index is 0.157. The molecule has 0 bridgehead atoms. The quantitative estimate of drug-likeness (QED) is 0.754. The van der Waals surface area contributed by atoms with E-state index in [1.54, 1.807) is 5.51 Å². The zero-order valence-electron chi connectivity index (χ0n) is 12.7. The molecule has 116 valence electrons. The summed E-state index contributed by atoms with van der Waals surface area (Å²) >= 11 is 1.34. The summed E-state index contributed by atoms with van der Waals surface area (Å²) < 4.78 is 5.39. The fourth-order valence-electron chi connectivity index (χ4n) is 2.20. The number of nitrogens with zero attached hydrogens (tertiary/aromatic N) is 1. The fraction of sp³-hybridized carbons (Fsp3) is 0.111. The lowest BCUT2D eigenvalue weighted by Crippen LogP contribution is -2.11. The molecule has 0 aliphatic heterocycles. The van der Waals surface area contributed by atoms with Crippen LogP contribution in [0.2, 0.25) is 0 Å². The molecule has 23 heavy (non-hydrogen) atoms. The Kier molecular flexibility index (Phi) is 4.68. The highest BCUT2D eigenvalue weighted by Crippen LogP contribution is 2.26. The Morgan fingerprint density at radius 1 is 1.13 bits per heavy atom. The SMILES string of the molecule is CCOc1ccc(NC(=O)c2scnc2-c2ccccc2)cc1. The van der Waals surface area contributed by atoms with Crippen LogP contribution in [-0.2, 0) is 0 Å². The molecule has 0 atom stereocenters. The smallest absolute Gasteiger partial charge is 0.268 e. The highest BCUT2D eigenvalue weighted by Gasteiger charge is 2.16. The number of hydrogen-bond acceptors (Lipinski definition) is 4. The third-order valence-electron chi connectivity index (χ3n) is 3.24. The Morgan fingerprint density at radius 3 is 2.57 bits per heavy atom. The standard InChI is InChI=1S/C18H16N2O2S/c1-2-22-15-10-8-14(9-11-15)20-18(21)17-16(19-12-23-17)13-6-4-3-5-7-13/h3-12H,2H2,1H3,(H,20,21). The van der Waals surface area contributed by atoms with Crippen molar-refractivity contribution in [3.05, 3.63) is 65.0 Å². The molecule has 0 saturated heterocycles. The molecule has 1 N–H and O–H groups in total. The van der Waals surface area contributed by atoms with Gasteiger partial charge in [0.15, 0.2) is 0 Å². The van der Waals surface area contributed by atoms with E-state index in [4.69, 9.17) is 4.74 Å². The van der Waals surface area contributed by atoms with Crippen molar-refractivity contribution in [2.24, 2.45) is 0 Å². The minimum Gasteiger partial charge on any atom is -0.494 e. The highest BCUT2D eigenvalue weighted by atomic mass is 32.1. The second kappa shape index (κ2) is 7.07. The van der Waals surface area contributed by atoms with Crippen molar-refractivity contribution in [1.29, 1.82) is 0 Å². The highest BCUT2D eigenvalue weighted by molar-refractivity contribution is 7.12. The summed E-state index contributed by atoms with van der Waals surface area (Å²) in [6.07, 6.45) is 0. The molecular formula is C18H16N2O2S. The molecule has 4 nitrogen and oxygen atoms in total. The summed E-state index contributed by atoms with van der Waals surface area (Å²) in [5, 5.41) is 2.90. The van der Waals surface area contributed by atoms with Crippen LogP contribution in [0.5, 0.6) is 5.75 Å². The van der Waals surface area contributed by atoms with Gasteiger partial charge in [-0.2, -0.15) is 0 Å². The average molecular weight is 324 g/mol. The van der Waals surface area contributed by atoms with Crippen LogP contribution >= 0.6 is 11.3 Å². The van der Waals surface area contributed by atoms with E-state index in [-0.39, 0.29) is 5.91 Å². The molecule has 3 aromatic rings. The van der Waals surface area contributed by atoms with Crippen molar-refractivity contribution in [2.75, 3.05) is 11.9 Å². The lowest BCUT2D eigenvalue weighted by molar-refractivity contribution is 0.103. The summed E-state index contributed by atoms with van der Waals surface area (Å²) in [4.78, 5) is 17.4. The number of nitrogens with one attached hydrogen (secondary N) is 1. The molecular weight excluding hydrogens is 308 g/mol. The number of aromatic nitrogens is 1. The number of rotatable bonds is 5. The molecule has 3 rings (SSSR count). The second-order valence-corrected chi connectivity index (χ2v) is 5.66. The van der Waals surface area contributed by atoms with Crippen molar-refractivity contribution in [3.63, 3.8) is 0 Å². The lowest BCUT2D eigenvalue weighted by atomic mass is 10.1. The zero-order valence-corrected chi connectivity index (χ0v) is 13.5. The maximum Gasteiger partial charge on any atom is 0.268 e. The van der Waals surface area contributed by atoms with Gasteiger partial charge >= 0.3 is 0 Å². The van der Waals surface area contributed by atoms with Gasteiger partial charge in [-0.25, -0.2) is 4.98 Å². The molecule has 1 aromatic heterocycles. The summed E-state index contributed by atoms with van der Waals surface area (Å²) in [6, 6.07) is 17.0. The van der Waals surface area contributed by atoms with Crippen molar-refractivity contribution >= 4 is 22.9 Å². The van der Waals surface area contributed by atoms with E-state index in [0.717, 1.165) is 17.0 Å². The van der Waals surface area contributed by atoms with Crippen molar-refractivity contribution in [3.8, 4) is 17.0 Å². The van der Waals surface area contributed by atoms with Crippen LogP contribution < -0.4 is 10.1 Å². The number of carbonyl (C=O) groups is 1. The van der Waals surface area contributed by atoms with Crippen molar-refractivity contribution in [2.45, 2.75) is 6.92 Å². The lowest BCUT2D eigenvalue weighted by Gasteiger charge is -2.07. The number of anilines is 1. The van der Waals surface area contributed by atoms with Gasteiger partial charge in [-0.1, -0.05) is 30.3 Å². The first-order chi connectivity index (χ1) is 11.3. The molecule has 0 radical (unpaired) electrons. The van der Waals surface area contributed by atoms with Crippen LogP contribution in [0.1, 0.15) is 16.6 Å². The van der Waals surface area contributed by atoms with Gasteiger partial charge in [-0.05, 0) is 31.2 Å². The summed E-state index contributed by atoms with van der Waals surface area (Å²) in [6.45, 7) is 2.55. The van der Waals surface area contributed by atoms with Gasteiger partial charge in [0.25, 0.3) is 5.91 Å². The average Bonchev–Trinajstić information content (AvgIpc) is 3.07. The number of benzene rings is 2. The van der Waals surface area contributed by atoms with Gasteiger partial charge in [0.05, 0.1) is 17.8 Å². The van der Waals surface area contributed by atoms with Crippen LogP contribution in [0, 0.1) is 0 Å². The molecule has 0 saturated carbocycles. The molecule has 0 spiro atoms. The van der Waals surface area contributed by atoms with Crippen LogP contribution in [0.15, 0.2) is 60.1 Å². The zero-order chi connectivity index (χ0) is 16.1. The van der Waals surface area contributed by atoms with E-state index in [1.165, 1.54) is 11.3 Å². The number of carbonyl (C=O) groups excluding carboxylic acids is 1. The van der Waals surface area contributed by atoms with Crippen LogP contribution in [0.4, 0.5) is 5.69 Å². The van der Waals surface area contributed by atoms with Crippen LogP contribution in [0.3, 0.4) is 0 Å². The first kappa shape index (κ1) is 15.2. The Balaban J connectivity index is 1.78. The minimum atomic E-state index is -0.157. The Hall–Kier alpha value is -2.66. The van der Waals surface area contributed by atoms with Crippen LogP contribution in [0.25, 0.3) is 11.3 Å². The second-order valence-electron chi connectivity index (χ2n) is 4.81. The third-order valence-corrected chi connectivity index (χ3v) is 4.07. The van der Waals surface area contributed by atoms with Crippen LogP contribution in [-0.4, -0.2) is 17.5 Å². The monoisotopic (exact) mass is 324 g/mol. The predicted octanol–water partition coefficient (Wildman–Crippen LogP) is 4.46. The number of thiazole rings is 1. The normalized spacial score (nSPS) is 10.3. The molecule has 0 fully saturated rings. The van der Waals surface area contributed by atoms with Gasteiger partial charge in [0, 0.05) is 11.3 Å². The molecule has 5 heteroatoms. The Bertz CT molecular complexity index is 782. The fourth-order valence-corrected chi connectivity index (χ4v) is 2.90. The molecule has 1 amide bonds. The molecule has 1 heterocycles. The Morgan fingerprint density at radius 2 is 1.87 bits per heavy atom. The Labute approximate surface area is 138 Å². The number of amides is 1. The molecule has 0 aliphatic carbocycles. The molecule has 0 aliphatic rings. The first-order valence-corrected chi connectivity index (χ1v) is 8.19. The third kappa shape index (κ3) is 3.57. The maximum absolute atomic E-state index is 12.5. The van der Waals surface area contributed by atoms with Gasteiger partial charge in [-0.3, -0.25) is 4.79 Å². The maximum atomic E-state index is 12.5. The largest absolute Gasteiger partial charge is 0.494 e. The predicted molar refractivity (Wildman–Crippen MR) is 93.1 cm³/mol. The molecule has 0 unspecified atom stereocenters. The van der Waals surface area contributed by atoms with Gasteiger partial charge in [0.2, 0.25) is 0 Å². The van der Waals surface area contributed by atoms with Crippen molar-refractivity contribution < 1.29 is 9.53 Å².